The summed E-state index contributed by atoms with van der Waals surface area (Å²) in [5, 5.41) is 0. The molecule has 0 atom stereocenters. The second kappa shape index (κ2) is 6.30. The zero-order valence-corrected chi connectivity index (χ0v) is 11.4. The molecule has 4 nitrogen and oxygen atoms in total. The van der Waals surface area contributed by atoms with Crippen LogP contribution < -0.4 is 14.2 Å². The number of carbonyl (C=O) groups is 1. The van der Waals surface area contributed by atoms with Gasteiger partial charge in [0.25, 0.3) is 0 Å². The van der Waals surface area contributed by atoms with Crippen LogP contribution in [0.4, 0.5) is 0 Å². The Bertz CT molecular complexity index is 440. The van der Waals surface area contributed by atoms with Crippen molar-refractivity contribution >= 4 is 21.7 Å². The number of ether oxygens (including phenoxy) is 3. The molecule has 0 heterocycles. The lowest BCUT2D eigenvalue weighted by molar-refractivity contribution is 0.104. The highest BCUT2D eigenvalue weighted by atomic mass is 79.9. The molecule has 0 saturated carbocycles. The first-order chi connectivity index (χ1) is 8.19. The van der Waals surface area contributed by atoms with Crippen molar-refractivity contribution in [1.29, 1.82) is 0 Å². The minimum atomic E-state index is -0.181. The number of hydrogen-bond donors (Lipinski definition) is 0. The molecule has 0 aliphatic carbocycles. The van der Waals surface area contributed by atoms with Crippen molar-refractivity contribution in [2.45, 2.75) is 0 Å². The molecular formula is C12H13BrO4. The Hall–Kier alpha value is -1.49. The van der Waals surface area contributed by atoms with E-state index in [1.807, 2.05) is 0 Å². The van der Waals surface area contributed by atoms with Gasteiger partial charge in [-0.05, 0) is 23.2 Å². The van der Waals surface area contributed by atoms with Gasteiger partial charge in [-0.25, -0.2) is 0 Å². The van der Waals surface area contributed by atoms with Crippen LogP contribution >= 0.6 is 15.9 Å². The number of methoxy groups -OCH3 is 3. The summed E-state index contributed by atoms with van der Waals surface area (Å²) < 4.78 is 15.5. The number of halogens is 1. The second-order valence-electron chi connectivity index (χ2n) is 3.04. The molecule has 0 spiro atoms. The molecular weight excluding hydrogens is 288 g/mol. The normalized spacial score (nSPS) is 10.4. The molecule has 1 aromatic rings. The first-order valence-corrected chi connectivity index (χ1v) is 5.71. The van der Waals surface area contributed by atoms with Gasteiger partial charge < -0.3 is 14.2 Å². The first-order valence-electron chi connectivity index (χ1n) is 4.79. The summed E-state index contributed by atoms with van der Waals surface area (Å²) in [6, 6.07) is 3.30. The fourth-order valence-corrected chi connectivity index (χ4v) is 1.68. The van der Waals surface area contributed by atoms with E-state index in [1.54, 1.807) is 12.1 Å². The summed E-state index contributed by atoms with van der Waals surface area (Å²) >= 11 is 3.06. The van der Waals surface area contributed by atoms with E-state index in [0.29, 0.717) is 22.8 Å². The van der Waals surface area contributed by atoms with Gasteiger partial charge in [-0.3, -0.25) is 4.79 Å². The molecule has 17 heavy (non-hydrogen) atoms. The predicted molar refractivity (Wildman–Crippen MR) is 68.5 cm³/mol. The van der Waals surface area contributed by atoms with E-state index < -0.39 is 0 Å². The maximum Gasteiger partial charge on any atom is 0.204 e. The van der Waals surface area contributed by atoms with Crippen molar-refractivity contribution in [3.05, 3.63) is 28.8 Å². The van der Waals surface area contributed by atoms with Gasteiger partial charge in [-0.2, -0.15) is 0 Å². The third kappa shape index (κ3) is 2.79. The summed E-state index contributed by atoms with van der Waals surface area (Å²) in [5.74, 6) is 1.11. The Kier molecular flexibility index (Phi) is 5.03. The van der Waals surface area contributed by atoms with Crippen LogP contribution in [0.15, 0.2) is 23.2 Å². The highest BCUT2D eigenvalue weighted by molar-refractivity contribution is 9.11. The molecule has 0 radical (unpaired) electrons. The molecule has 0 aliphatic rings. The predicted octanol–water partition coefficient (Wildman–Crippen LogP) is 2.80. The number of hydrogen-bond acceptors (Lipinski definition) is 4. The van der Waals surface area contributed by atoms with E-state index in [1.165, 1.54) is 32.4 Å². The summed E-state index contributed by atoms with van der Waals surface area (Å²) in [6.45, 7) is 0. The SMILES string of the molecule is COc1ccc(C(=O)/C=C\Br)c(OC)c1OC. The third-order valence-electron chi connectivity index (χ3n) is 2.18. The molecule has 92 valence electrons. The smallest absolute Gasteiger partial charge is 0.204 e. The van der Waals surface area contributed by atoms with E-state index in [0.717, 1.165) is 0 Å². The fraction of sp³-hybridized carbons (Fsp3) is 0.250. The monoisotopic (exact) mass is 300 g/mol. The average Bonchev–Trinajstić information content (AvgIpc) is 2.36. The number of rotatable bonds is 5. The fourth-order valence-electron chi connectivity index (χ4n) is 1.44. The van der Waals surface area contributed by atoms with Crippen molar-refractivity contribution in [2.24, 2.45) is 0 Å². The zero-order valence-electron chi connectivity index (χ0n) is 9.82. The topological polar surface area (TPSA) is 44.8 Å². The zero-order chi connectivity index (χ0) is 12.8. The molecule has 5 heteroatoms. The molecule has 0 aliphatic heterocycles. The van der Waals surface area contributed by atoms with E-state index in [4.69, 9.17) is 14.2 Å². The quantitative estimate of drug-likeness (QED) is 0.619. The van der Waals surface area contributed by atoms with E-state index >= 15 is 0 Å². The van der Waals surface area contributed by atoms with Crippen molar-refractivity contribution in [2.75, 3.05) is 21.3 Å². The Morgan fingerprint density at radius 2 is 1.76 bits per heavy atom. The van der Waals surface area contributed by atoms with Crippen LogP contribution in [-0.2, 0) is 0 Å². The second-order valence-corrected chi connectivity index (χ2v) is 3.57. The van der Waals surface area contributed by atoms with Gasteiger partial charge in [0, 0.05) is 0 Å². The molecule has 0 fully saturated rings. The summed E-state index contributed by atoms with van der Waals surface area (Å²) in [4.78, 5) is 13.3. The summed E-state index contributed by atoms with van der Waals surface area (Å²) in [6.07, 6.45) is 1.39. The van der Waals surface area contributed by atoms with Crippen molar-refractivity contribution in [3.63, 3.8) is 0 Å². The maximum atomic E-state index is 11.8. The third-order valence-corrected chi connectivity index (χ3v) is 2.45. The van der Waals surface area contributed by atoms with Crippen molar-refractivity contribution in [1.82, 2.24) is 0 Å². The van der Waals surface area contributed by atoms with Gasteiger partial charge in [-0.15, -0.1) is 0 Å². The lowest BCUT2D eigenvalue weighted by Crippen LogP contribution is -2.02. The Labute approximate surface area is 108 Å². The number of ketones is 1. The average molecular weight is 301 g/mol. The van der Waals surface area contributed by atoms with Crippen LogP contribution in [0, 0.1) is 0 Å². The Balaban J connectivity index is 3.37. The molecule has 0 saturated heterocycles. The van der Waals surface area contributed by atoms with E-state index in [2.05, 4.69) is 15.9 Å². The Morgan fingerprint density at radius 3 is 2.24 bits per heavy atom. The molecule has 0 amide bonds. The van der Waals surface area contributed by atoms with E-state index in [-0.39, 0.29) is 5.78 Å². The minimum Gasteiger partial charge on any atom is -0.493 e. The molecule has 0 unspecified atom stereocenters. The summed E-state index contributed by atoms with van der Waals surface area (Å²) in [5.41, 5.74) is 0.417. The summed E-state index contributed by atoms with van der Waals surface area (Å²) in [7, 11) is 4.50. The van der Waals surface area contributed by atoms with Crippen molar-refractivity contribution in [3.8, 4) is 17.2 Å². The van der Waals surface area contributed by atoms with Crippen LogP contribution in [0.1, 0.15) is 10.4 Å². The van der Waals surface area contributed by atoms with Crippen LogP contribution in [0.25, 0.3) is 0 Å². The van der Waals surface area contributed by atoms with Gasteiger partial charge in [0.05, 0.1) is 26.9 Å². The lowest BCUT2D eigenvalue weighted by Gasteiger charge is -2.14. The molecule has 0 aromatic heterocycles. The lowest BCUT2D eigenvalue weighted by atomic mass is 10.1. The minimum absolute atomic E-state index is 0.181. The number of carbonyl (C=O) groups excluding carboxylic acids is 1. The van der Waals surface area contributed by atoms with Gasteiger partial charge >= 0.3 is 0 Å². The van der Waals surface area contributed by atoms with Gasteiger partial charge in [-0.1, -0.05) is 15.9 Å². The van der Waals surface area contributed by atoms with Gasteiger partial charge in [0.2, 0.25) is 5.75 Å². The highest BCUT2D eigenvalue weighted by Gasteiger charge is 2.18. The molecule has 1 aromatic carbocycles. The van der Waals surface area contributed by atoms with Crippen molar-refractivity contribution < 1.29 is 19.0 Å². The molecule has 0 bridgehead atoms. The number of benzene rings is 1. The standard InChI is InChI=1S/C12H13BrO4/c1-15-10-5-4-8(9(14)6-7-13)11(16-2)12(10)17-3/h4-7H,1-3H3/b7-6-. The molecule has 0 N–H and O–H groups in total. The van der Waals surface area contributed by atoms with Crippen LogP contribution in [0.3, 0.4) is 0 Å². The molecule has 1 rings (SSSR count). The maximum absolute atomic E-state index is 11.8. The van der Waals surface area contributed by atoms with Crippen LogP contribution in [-0.4, -0.2) is 27.1 Å². The number of allylic oxidation sites excluding steroid dienone is 1. The Morgan fingerprint density at radius 1 is 1.12 bits per heavy atom. The van der Waals surface area contributed by atoms with E-state index in [9.17, 15) is 4.79 Å². The highest BCUT2D eigenvalue weighted by Crippen LogP contribution is 2.39. The van der Waals surface area contributed by atoms with Gasteiger partial charge in [0.15, 0.2) is 17.3 Å². The van der Waals surface area contributed by atoms with Gasteiger partial charge in [0.1, 0.15) is 0 Å². The largest absolute Gasteiger partial charge is 0.493 e. The first kappa shape index (κ1) is 13.6. The van der Waals surface area contributed by atoms with Crippen LogP contribution in [0.2, 0.25) is 0 Å². The van der Waals surface area contributed by atoms with Crippen LogP contribution in [0.5, 0.6) is 17.2 Å².